The average molecular weight is 269 g/mol. The predicted molar refractivity (Wildman–Crippen MR) is 80.7 cm³/mol. The molecule has 1 saturated carbocycles. The molecule has 2 N–H and O–H groups in total. The zero-order valence-electron chi connectivity index (χ0n) is 11.9. The van der Waals surface area contributed by atoms with E-state index in [0.717, 1.165) is 23.5 Å². The Labute approximate surface area is 117 Å². The topological polar surface area (TPSA) is 27.3 Å². The first-order chi connectivity index (χ1) is 8.52. The molecule has 0 bridgehead atoms. The van der Waals surface area contributed by atoms with Gasteiger partial charge in [0.15, 0.2) is 5.11 Å². The molecule has 0 radical (unpaired) electrons. The lowest BCUT2D eigenvalue weighted by Gasteiger charge is -2.36. The minimum Gasteiger partial charge on any atom is -0.360 e. The number of hydrogen-bond acceptors (Lipinski definition) is 2. The molecule has 3 nitrogen and oxygen atoms in total. The summed E-state index contributed by atoms with van der Waals surface area (Å²) >= 11 is 5.32. The van der Waals surface area contributed by atoms with Gasteiger partial charge in [-0.15, -0.1) is 0 Å². The summed E-state index contributed by atoms with van der Waals surface area (Å²) in [6.45, 7) is 10.5. The van der Waals surface area contributed by atoms with Crippen LogP contribution >= 0.6 is 12.2 Å². The van der Waals surface area contributed by atoms with E-state index >= 15 is 0 Å². The Balaban J connectivity index is 1.68. The maximum atomic E-state index is 5.32. The monoisotopic (exact) mass is 269 g/mol. The van der Waals surface area contributed by atoms with Gasteiger partial charge in [0, 0.05) is 31.7 Å². The van der Waals surface area contributed by atoms with Gasteiger partial charge < -0.3 is 15.5 Å². The van der Waals surface area contributed by atoms with Crippen LogP contribution in [0.25, 0.3) is 0 Å². The van der Waals surface area contributed by atoms with Gasteiger partial charge in [0.2, 0.25) is 0 Å². The first-order valence-corrected chi connectivity index (χ1v) is 7.73. The van der Waals surface area contributed by atoms with Crippen molar-refractivity contribution in [3.63, 3.8) is 0 Å². The van der Waals surface area contributed by atoms with Crippen molar-refractivity contribution in [3.05, 3.63) is 0 Å². The van der Waals surface area contributed by atoms with Gasteiger partial charge in [0.25, 0.3) is 0 Å². The Morgan fingerprint density at radius 2 is 1.89 bits per heavy atom. The normalized spacial score (nSPS) is 30.8. The van der Waals surface area contributed by atoms with E-state index in [1.165, 1.54) is 32.4 Å². The van der Waals surface area contributed by atoms with E-state index in [4.69, 9.17) is 12.2 Å². The van der Waals surface area contributed by atoms with Gasteiger partial charge in [-0.2, -0.15) is 0 Å². The molecule has 0 spiro atoms. The second kappa shape index (κ2) is 6.20. The summed E-state index contributed by atoms with van der Waals surface area (Å²) in [5.74, 6) is 1.66. The van der Waals surface area contributed by atoms with Crippen LogP contribution in [0.4, 0.5) is 0 Å². The van der Waals surface area contributed by atoms with Crippen molar-refractivity contribution in [2.24, 2.45) is 11.8 Å². The molecular weight excluding hydrogens is 242 g/mol. The highest BCUT2D eigenvalue weighted by Crippen LogP contribution is 2.21. The van der Waals surface area contributed by atoms with Crippen molar-refractivity contribution in [1.29, 1.82) is 0 Å². The van der Waals surface area contributed by atoms with E-state index in [1.807, 2.05) is 0 Å². The molecule has 1 aliphatic carbocycles. The van der Waals surface area contributed by atoms with Crippen LogP contribution in [-0.2, 0) is 0 Å². The summed E-state index contributed by atoms with van der Waals surface area (Å²) in [7, 11) is 0. The van der Waals surface area contributed by atoms with Gasteiger partial charge in [0.05, 0.1) is 0 Å². The van der Waals surface area contributed by atoms with Crippen LogP contribution < -0.4 is 10.6 Å². The molecule has 2 aliphatic rings. The second-order valence-electron chi connectivity index (χ2n) is 6.46. The molecule has 1 saturated heterocycles. The van der Waals surface area contributed by atoms with Crippen molar-refractivity contribution in [3.8, 4) is 0 Å². The lowest BCUT2D eigenvalue weighted by molar-refractivity contribution is 0.133. The summed E-state index contributed by atoms with van der Waals surface area (Å²) in [5, 5.41) is 7.58. The van der Waals surface area contributed by atoms with Crippen molar-refractivity contribution in [1.82, 2.24) is 15.5 Å². The van der Waals surface area contributed by atoms with Crippen LogP contribution in [-0.4, -0.2) is 41.7 Å². The number of nitrogens with one attached hydrogen (secondary N) is 2. The molecule has 1 heterocycles. The van der Waals surface area contributed by atoms with E-state index in [1.54, 1.807) is 0 Å². The Morgan fingerprint density at radius 3 is 2.44 bits per heavy atom. The Bertz CT molecular complexity index is 281. The molecule has 1 aliphatic heterocycles. The number of piperidine rings is 1. The minimum absolute atomic E-state index is 0.432. The number of nitrogens with zero attached hydrogens (tertiary/aromatic N) is 1. The fourth-order valence-electron chi connectivity index (χ4n) is 3.05. The van der Waals surface area contributed by atoms with Gasteiger partial charge in [-0.25, -0.2) is 0 Å². The standard InChI is InChI=1S/C14H27N3S/c1-10-6-11(2)8-17(7-10)9-12(3)15-14(18)16-13-4-5-13/h10-13H,4-9H2,1-3H3,(H2,15,16,18)/t10-,11+,12-/m0/s1. The summed E-state index contributed by atoms with van der Waals surface area (Å²) < 4.78 is 0. The van der Waals surface area contributed by atoms with Crippen molar-refractivity contribution >= 4 is 17.3 Å². The molecule has 2 fully saturated rings. The van der Waals surface area contributed by atoms with E-state index in [0.29, 0.717) is 12.1 Å². The molecule has 3 atom stereocenters. The van der Waals surface area contributed by atoms with Crippen LogP contribution in [0.3, 0.4) is 0 Å². The summed E-state index contributed by atoms with van der Waals surface area (Å²) in [4.78, 5) is 2.58. The largest absolute Gasteiger partial charge is 0.360 e. The Morgan fingerprint density at radius 1 is 1.28 bits per heavy atom. The molecule has 0 aromatic carbocycles. The third kappa shape index (κ3) is 4.73. The number of hydrogen-bond donors (Lipinski definition) is 2. The minimum atomic E-state index is 0.432. The first kappa shape index (κ1) is 14.1. The fraction of sp³-hybridized carbons (Fsp3) is 0.929. The first-order valence-electron chi connectivity index (χ1n) is 7.32. The molecule has 0 unspecified atom stereocenters. The average Bonchev–Trinajstić information content (AvgIpc) is 2.98. The number of likely N-dealkylation sites (tertiary alicyclic amines) is 1. The summed E-state index contributed by atoms with van der Waals surface area (Å²) in [6.07, 6.45) is 3.93. The molecule has 0 aromatic heterocycles. The molecular formula is C14H27N3S. The van der Waals surface area contributed by atoms with E-state index in [-0.39, 0.29) is 0 Å². The van der Waals surface area contributed by atoms with Gasteiger partial charge in [-0.05, 0) is 50.2 Å². The van der Waals surface area contributed by atoms with Crippen molar-refractivity contribution in [2.45, 2.75) is 52.1 Å². The van der Waals surface area contributed by atoms with Gasteiger partial charge in [0.1, 0.15) is 0 Å². The summed E-state index contributed by atoms with van der Waals surface area (Å²) in [5.41, 5.74) is 0. The zero-order valence-corrected chi connectivity index (χ0v) is 12.7. The zero-order chi connectivity index (χ0) is 13.1. The lowest BCUT2D eigenvalue weighted by atomic mass is 9.92. The number of rotatable bonds is 4. The predicted octanol–water partition coefficient (Wildman–Crippen LogP) is 1.98. The van der Waals surface area contributed by atoms with Crippen LogP contribution in [0, 0.1) is 11.8 Å². The smallest absolute Gasteiger partial charge is 0.166 e. The highest BCUT2D eigenvalue weighted by atomic mass is 32.1. The molecule has 4 heteroatoms. The third-order valence-corrected chi connectivity index (χ3v) is 4.00. The highest BCUT2D eigenvalue weighted by molar-refractivity contribution is 7.80. The van der Waals surface area contributed by atoms with Crippen LogP contribution in [0.2, 0.25) is 0 Å². The van der Waals surface area contributed by atoms with Crippen LogP contribution in [0.15, 0.2) is 0 Å². The molecule has 18 heavy (non-hydrogen) atoms. The van der Waals surface area contributed by atoms with Crippen LogP contribution in [0.5, 0.6) is 0 Å². The fourth-order valence-corrected chi connectivity index (χ4v) is 3.42. The quantitative estimate of drug-likeness (QED) is 0.763. The van der Waals surface area contributed by atoms with Gasteiger partial charge >= 0.3 is 0 Å². The maximum absolute atomic E-state index is 5.32. The van der Waals surface area contributed by atoms with E-state index in [2.05, 4.69) is 36.3 Å². The molecule has 104 valence electrons. The third-order valence-electron chi connectivity index (χ3n) is 3.77. The Hall–Kier alpha value is -0.350. The van der Waals surface area contributed by atoms with Crippen molar-refractivity contribution < 1.29 is 0 Å². The lowest BCUT2D eigenvalue weighted by Crippen LogP contribution is -2.49. The van der Waals surface area contributed by atoms with Crippen molar-refractivity contribution in [2.75, 3.05) is 19.6 Å². The SMILES string of the molecule is C[C@@H]1C[C@H](C)CN(C[C@H](C)NC(=S)NC2CC2)C1. The molecule has 0 aromatic rings. The Kier molecular flexibility index (Phi) is 4.84. The maximum Gasteiger partial charge on any atom is 0.166 e. The van der Waals surface area contributed by atoms with E-state index in [9.17, 15) is 0 Å². The van der Waals surface area contributed by atoms with Gasteiger partial charge in [-0.1, -0.05) is 13.8 Å². The second-order valence-corrected chi connectivity index (χ2v) is 6.87. The molecule has 0 amide bonds. The summed E-state index contributed by atoms with van der Waals surface area (Å²) in [6, 6.07) is 1.08. The van der Waals surface area contributed by atoms with E-state index < -0.39 is 0 Å². The highest BCUT2D eigenvalue weighted by Gasteiger charge is 2.24. The molecule has 2 rings (SSSR count). The number of thiocarbonyl (C=S) groups is 1. The van der Waals surface area contributed by atoms with Gasteiger partial charge in [-0.3, -0.25) is 0 Å². The van der Waals surface area contributed by atoms with Crippen LogP contribution in [0.1, 0.15) is 40.0 Å².